The average molecular weight is 386 g/mol. The maximum absolute atomic E-state index is 12.5. The van der Waals surface area contributed by atoms with Crippen molar-refractivity contribution in [2.24, 2.45) is 11.1 Å². The largest absolute Gasteiger partial charge is 0.352 e. The van der Waals surface area contributed by atoms with Gasteiger partial charge in [0.15, 0.2) is 0 Å². The van der Waals surface area contributed by atoms with Gasteiger partial charge in [-0.05, 0) is 24.8 Å². The Balaban J connectivity index is 0.00000338. The fourth-order valence-corrected chi connectivity index (χ4v) is 3.23. The van der Waals surface area contributed by atoms with E-state index in [1.165, 1.54) is 30.1 Å². The molecule has 7 nitrogen and oxygen atoms in total. The minimum absolute atomic E-state index is 0. The predicted octanol–water partition coefficient (Wildman–Crippen LogP) is 1.81. The van der Waals surface area contributed by atoms with Crippen molar-refractivity contribution in [3.8, 4) is 0 Å². The van der Waals surface area contributed by atoms with E-state index in [1.807, 2.05) is 13.8 Å². The summed E-state index contributed by atoms with van der Waals surface area (Å²) in [5, 5.41) is 7.21. The van der Waals surface area contributed by atoms with Gasteiger partial charge in [0.05, 0.1) is 11.8 Å². The number of nitrogens with one attached hydrogen (secondary N) is 1. The first kappa shape index (κ1) is 22.4. The molecular formula is C18H32ClN5O2. The molecule has 3 N–H and O–H groups in total. The van der Waals surface area contributed by atoms with Crippen molar-refractivity contribution >= 4 is 24.2 Å². The molecule has 2 rings (SSSR count). The quantitative estimate of drug-likeness (QED) is 0.748. The molecular weight excluding hydrogens is 354 g/mol. The van der Waals surface area contributed by atoms with E-state index in [0.29, 0.717) is 18.7 Å². The van der Waals surface area contributed by atoms with E-state index in [9.17, 15) is 9.59 Å². The van der Waals surface area contributed by atoms with Gasteiger partial charge >= 0.3 is 0 Å². The summed E-state index contributed by atoms with van der Waals surface area (Å²) in [6.07, 6.45) is 8.86. The third-order valence-electron chi connectivity index (χ3n) is 4.72. The molecule has 2 amide bonds. The van der Waals surface area contributed by atoms with Crippen molar-refractivity contribution in [3.63, 3.8) is 0 Å². The van der Waals surface area contributed by atoms with E-state index in [1.54, 1.807) is 18.1 Å². The van der Waals surface area contributed by atoms with Crippen molar-refractivity contribution < 1.29 is 9.59 Å². The molecule has 1 heterocycles. The van der Waals surface area contributed by atoms with Crippen LogP contribution in [0.5, 0.6) is 0 Å². The van der Waals surface area contributed by atoms with Gasteiger partial charge in [0.25, 0.3) is 5.91 Å². The Morgan fingerprint density at radius 2 is 2.00 bits per heavy atom. The molecule has 0 unspecified atom stereocenters. The Morgan fingerprint density at radius 1 is 1.35 bits per heavy atom. The predicted molar refractivity (Wildman–Crippen MR) is 104 cm³/mol. The number of hydrogen-bond donors (Lipinski definition) is 2. The normalized spacial score (nSPS) is 15.2. The van der Waals surface area contributed by atoms with Crippen LogP contribution in [0.3, 0.4) is 0 Å². The van der Waals surface area contributed by atoms with Crippen LogP contribution in [0.4, 0.5) is 0 Å². The third kappa shape index (κ3) is 6.61. The van der Waals surface area contributed by atoms with Crippen LogP contribution in [0.2, 0.25) is 0 Å². The summed E-state index contributed by atoms with van der Waals surface area (Å²) in [6, 6.07) is 0.280. The zero-order valence-electron chi connectivity index (χ0n) is 16.0. The second-order valence-electron chi connectivity index (χ2n) is 7.86. The van der Waals surface area contributed by atoms with Crippen LogP contribution in [0.25, 0.3) is 0 Å². The number of aromatic nitrogens is 2. The second-order valence-corrected chi connectivity index (χ2v) is 7.86. The molecule has 26 heavy (non-hydrogen) atoms. The van der Waals surface area contributed by atoms with Crippen molar-refractivity contribution in [2.75, 3.05) is 20.1 Å². The molecule has 0 saturated heterocycles. The molecule has 148 valence electrons. The standard InChI is InChI=1S/C18H31N5O2.ClH/c1-18(2,12-19)13-22(3)17(25)14-9-20-23(10-14)11-16(24)21-15-7-5-4-6-8-15;/h9-10,15H,4-8,11-13,19H2,1-3H3,(H,21,24);1H. The first-order valence-electron chi connectivity index (χ1n) is 9.08. The summed E-state index contributed by atoms with van der Waals surface area (Å²) >= 11 is 0. The molecule has 0 aromatic carbocycles. The molecule has 0 atom stereocenters. The van der Waals surface area contributed by atoms with Gasteiger partial charge in [0.1, 0.15) is 6.54 Å². The second kappa shape index (κ2) is 9.92. The Bertz CT molecular complexity index is 596. The molecule has 1 fully saturated rings. The number of hydrogen-bond acceptors (Lipinski definition) is 4. The summed E-state index contributed by atoms with van der Waals surface area (Å²) in [5.41, 5.74) is 6.08. The Labute approximate surface area is 162 Å². The van der Waals surface area contributed by atoms with E-state index in [2.05, 4.69) is 10.4 Å². The molecule has 0 bridgehead atoms. The molecule has 1 aliphatic carbocycles. The zero-order chi connectivity index (χ0) is 18.4. The summed E-state index contributed by atoms with van der Waals surface area (Å²) in [4.78, 5) is 26.3. The van der Waals surface area contributed by atoms with Gasteiger partial charge in [-0.25, -0.2) is 0 Å². The minimum Gasteiger partial charge on any atom is -0.352 e. The average Bonchev–Trinajstić information content (AvgIpc) is 3.02. The number of carbonyl (C=O) groups excluding carboxylic acids is 2. The van der Waals surface area contributed by atoms with Gasteiger partial charge in [0.2, 0.25) is 5.91 Å². The number of nitrogens with two attached hydrogens (primary N) is 1. The van der Waals surface area contributed by atoms with Crippen LogP contribution in [0.15, 0.2) is 12.4 Å². The van der Waals surface area contributed by atoms with E-state index in [0.717, 1.165) is 12.8 Å². The van der Waals surface area contributed by atoms with Gasteiger partial charge in [0, 0.05) is 25.8 Å². The van der Waals surface area contributed by atoms with Crippen LogP contribution in [0, 0.1) is 5.41 Å². The third-order valence-corrected chi connectivity index (χ3v) is 4.72. The Hall–Kier alpha value is -1.60. The summed E-state index contributed by atoms with van der Waals surface area (Å²) in [5.74, 6) is -0.160. The molecule has 1 saturated carbocycles. The molecule has 1 aromatic rings. The summed E-state index contributed by atoms with van der Waals surface area (Å²) < 4.78 is 1.52. The highest BCUT2D eigenvalue weighted by Crippen LogP contribution is 2.17. The Kier molecular flexibility index (Phi) is 8.56. The van der Waals surface area contributed by atoms with Gasteiger partial charge in [-0.1, -0.05) is 33.1 Å². The summed E-state index contributed by atoms with van der Waals surface area (Å²) in [6.45, 7) is 5.26. The fourth-order valence-electron chi connectivity index (χ4n) is 3.23. The minimum atomic E-state index is -0.139. The van der Waals surface area contributed by atoms with Gasteiger partial charge in [-0.15, -0.1) is 12.4 Å². The number of amides is 2. The highest BCUT2D eigenvalue weighted by Gasteiger charge is 2.23. The van der Waals surface area contributed by atoms with Gasteiger partial charge < -0.3 is 16.0 Å². The van der Waals surface area contributed by atoms with Crippen LogP contribution in [-0.4, -0.2) is 52.7 Å². The molecule has 0 spiro atoms. The molecule has 1 aliphatic rings. The number of carbonyl (C=O) groups is 2. The molecule has 0 radical (unpaired) electrons. The SMILES string of the molecule is CN(CC(C)(C)CN)C(=O)c1cnn(CC(=O)NC2CCCCC2)c1.Cl. The molecule has 8 heteroatoms. The maximum Gasteiger partial charge on any atom is 0.256 e. The maximum atomic E-state index is 12.5. The lowest BCUT2D eigenvalue weighted by atomic mass is 9.93. The van der Waals surface area contributed by atoms with Gasteiger partial charge in [-0.3, -0.25) is 14.3 Å². The van der Waals surface area contributed by atoms with E-state index >= 15 is 0 Å². The highest BCUT2D eigenvalue weighted by molar-refractivity contribution is 5.93. The lowest BCUT2D eigenvalue weighted by Gasteiger charge is -2.28. The lowest BCUT2D eigenvalue weighted by molar-refractivity contribution is -0.122. The summed E-state index contributed by atoms with van der Waals surface area (Å²) in [7, 11) is 1.76. The van der Waals surface area contributed by atoms with Crippen LogP contribution >= 0.6 is 12.4 Å². The van der Waals surface area contributed by atoms with Crippen LogP contribution < -0.4 is 11.1 Å². The lowest BCUT2D eigenvalue weighted by Crippen LogP contribution is -2.39. The van der Waals surface area contributed by atoms with Crippen molar-refractivity contribution in [1.29, 1.82) is 0 Å². The van der Waals surface area contributed by atoms with Crippen LogP contribution in [0.1, 0.15) is 56.3 Å². The van der Waals surface area contributed by atoms with Crippen molar-refractivity contribution in [3.05, 3.63) is 18.0 Å². The zero-order valence-corrected chi connectivity index (χ0v) is 16.8. The number of nitrogens with zero attached hydrogens (tertiary/aromatic N) is 3. The van der Waals surface area contributed by atoms with E-state index in [-0.39, 0.29) is 42.2 Å². The number of rotatable bonds is 7. The Morgan fingerprint density at radius 3 is 2.62 bits per heavy atom. The van der Waals surface area contributed by atoms with E-state index in [4.69, 9.17) is 5.73 Å². The number of halogens is 1. The van der Waals surface area contributed by atoms with Crippen molar-refractivity contribution in [1.82, 2.24) is 20.0 Å². The van der Waals surface area contributed by atoms with Crippen molar-refractivity contribution in [2.45, 2.75) is 58.5 Å². The van der Waals surface area contributed by atoms with E-state index < -0.39 is 0 Å². The monoisotopic (exact) mass is 385 g/mol. The molecule has 0 aliphatic heterocycles. The molecule has 1 aromatic heterocycles. The van der Waals surface area contributed by atoms with Crippen LogP contribution in [-0.2, 0) is 11.3 Å². The van der Waals surface area contributed by atoms with Gasteiger partial charge in [-0.2, -0.15) is 5.10 Å². The first-order valence-corrected chi connectivity index (χ1v) is 9.08. The smallest absolute Gasteiger partial charge is 0.256 e. The fraction of sp³-hybridized carbons (Fsp3) is 0.722. The first-order chi connectivity index (χ1) is 11.8. The topological polar surface area (TPSA) is 93.2 Å². The highest BCUT2D eigenvalue weighted by atomic mass is 35.5.